The number of aryl methyl sites for hydroxylation is 1. The Morgan fingerprint density at radius 1 is 1.40 bits per heavy atom. The predicted octanol–water partition coefficient (Wildman–Crippen LogP) is 1.96. The first-order valence-electron chi connectivity index (χ1n) is 4.59. The minimum atomic E-state index is -0.434. The zero-order valence-electron chi connectivity index (χ0n) is 9.07. The summed E-state index contributed by atoms with van der Waals surface area (Å²) < 4.78 is 4.52. The van der Waals surface area contributed by atoms with Gasteiger partial charge in [0.2, 0.25) is 0 Å². The van der Waals surface area contributed by atoms with Crippen molar-refractivity contribution < 1.29 is 9.53 Å². The van der Waals surface area contributed by atoms with Crippen molar-refractivity contribution >= 4 is 17.4 Å². The van der Waals surface area contributed by atoms with E-state index in [4.69, 9.17) is 0 Å². The number of para-hydroxylation sites is 1. The molecule has 0 saturated heterocycles. The van der Waals surface area contributed by atoms with E-state index in [0.717, 1.165) is 11.3 Å². The minimum Gasteiger partial charge on any atom is -0.464 e. The van der Waals surface area contributed by atoms with Crippen LogP contribution in [0.3, 0.4) is 0 Å². The monoisotopic (exact) mass is 206 g/mol. The summed E-state index contributed by atoms with van der Waals surface area (Å²) in [7, 11) is 1.33. The zero-order valence-corrected chi connectivity index (χ0v) is 9.07. The highest BCUT2D eigenvalue weighted by Gasteiger charge is 2.04. The molecular formula is C11H14N2O2. The molecule has 1 N–H and O–H groups in total. The number of carbonyl (C=O) groups is 1. The highest BCUT2D eigenvalue weighted by Crippen LogP contribution is 2.12. The largest absolute Gasteiger partial charge is 0.464 e. The fourth-order valence-electron chi connectivity index (χ4n) is 1.04. The average molecular weight is 206 g/mol. The summed E-state index contributed by atoms with van der Waals surface area (Å²) in [5.41, 5.74) is 5.05. The van der Waals surface area contributed by atoms with Crippen LogP contribution in [-0.2, 0) is 9.53 Å². The first-order chi connectivity index (χ1) is 7.15. The van der Waals surface area contributed by atoms with E-state index in [9.17, 15) is 4.79 Å². The van der Waals surface area contributed by atoms with Crippen LogP contribution in [-0.4, -0.2) is 18.8 Å². The molecule has 0 unspecified atom stereocenters. The van der Waals surface area contributed by atoms with Gasteiger partial charge >= 0.3 is 5.97 Å². The Morgan fingerprint density at radius 2 is 2.07 bits per heavy atom. The molecule has 0 spiro atoms. The lowest BCUT2D eigenvalue weighted by molar-refractivity contribution is -0.132. The molecule has 1 aromatic rings. The molecule has 0 atom stereocenters. The number of rotatable bonds is 3. The van der Waals surface area contributed by atoms with Crippen molar-refractivity contribution in [2.45, 2.75) is 13.8 Å². The molecule has 0 aliphatic rings. The minimum absolute atomic E-state index is 0.292. The summed E-state index contributed by atoms with van der Waals surface area (Å²) >= 11 is 0. The molecule has 80 valence electrons. The number of nitrogens with one attached hydrogen (secondary N) is 1. The van der Waals surface area contributed by atoms with E-state index in [0.29, 0.717) is 5.71 Å². The van der Waals surface area contributed by atoms with Gasteiger partial charge in [0.15, 0.2) is 0 Å². The van der Waals surface area contributed by atoms with Gasteiger partial charge in [0.05, 0.1) is 12.8 Å². The fourth-order valence-corrected chi connectivity index (χ4v) is 1.04. The maximum atomic E-state index is 11.0. The molecule has 0 radical (unpaired) electrons. The molecule has 0 heterocycles. The number of hydrazone groups is 1. The number of benzene rings is 1. The van der Waals surface area contributed by atoms with Crippen molar-refractivity contribution in [1.29, 1.82) is 0 Å². The summed E-state index contributed by atoms with van der Waals surface area (Å²) in [5.74, 6) is -0.434. The summed E-state index contributed by atoms with van der Waals surface area (Å²) in [6, 6.07) is 7.70. The topological polar surface area (TPSA) is 50.7 Å². The Kier molecular flexibility index (Phi) is 3.85. The van der Waals surface area contributed by atoms with Crippen LogP contribution in [0.25, 0.3) is 0 Å². The van der Waals surface area contributed by atoms with E-state index < -0.39 is 5.97 Å². The normalized spacial score (nSPS) is 11.0. The Labute approximate surface area is 88.9 Å². The van der Waals surface area contributed by atoms with Gasteiger partial charge in [-0.3, -0.25) is 5.43 Å². The first kappa shape index (κ1) is 11.2. The van der Waals surface area contributed by atoms with E-state index in [1.807, 2.05) is 31.2 Å². The lowest BCUT2D eigenvalue weighted by atomic mass is 10.2. The molecule has 1 rings (SSSR count). The quantitative estimate of drug-likeness (QED) is 0.467. The Morgan fingerprint density at radius 3 is 2.67 bits per heavy atom. The van der Waals surface area contributed by atoms with Gasteiger partial charge in [-0.25, -0.2) is 4.79 Å². The number of methoxy groups -OCH3 is 1. The van der Waals surface area contributed by atoms with Gasteiger partial charge < -0.3 is 4.74 Å². The second-order valence-electron chi connectivity index (χ2n) is 3.12. The van der Waals surface area contributed by atoms with Crippen molar-refractivity contribution in [2.75, 3.05) is 12.5 Å². The maximum absolute atomic E-state index is 11.0. The van der Waals surface area contributed by atoms with Crippen molar-refractivity contribution in [3.8, 4) is 0 Å². The lowest BCUT2D eigenvalue weighted by Gasteiger charge is -2.04. The van der Waals surface area contributed by atoms with E-state index in [2.05, 4.69) is 15.3 Å². The molecule has 4 nitrogen and oxygen atoms in total. The molecule has 0 aliphatic heterocycles. The third-order valence-electron chi connectivity index (χ3n) is 1.97. The van der Waals surface area contributed by atoms with Crippen LogP contribution in [0.2, 0.25) is 0 Å². The molecule has 1 aromatic carbocycles. The Hall–Kier alpha value is -1.84. The van der Waals surface area contributed by atoms with Crippen LogP contribution in [0.5, 0.6) is 0 Å². The number of carbonyl (C=O) groups excluding carboxylic acids is 1. The van der Waals surface area contributed by atoms with Crippen LogP contribution in [0, 0.1) is 6.92 Å². The number of hydrogen-bond acceptors (Lipinski definition) is 4. The van der Waals surface area contributed by atoms with Crippen molar-refractivity contribution in [3.05, 3.63) is 29.8 Å². The molecule has 0 saturated carbocycles. The van der Waals surface area contributed by atoms with Gasteiger partial charge in [0.25, 0.3) is 0 Å². The van der Waals surface area contributed by atoms with E-state index in [-0.39, 0.29) is 0 Å². The van der Waals surface area contributed by atoms with Gasteiger partial charge in [-0.05, 0) is 25.5 Å². The average Bonchev–Trinajstić information content (AvgIpc) is 2.26. The standard InChI is InChI=1S/C11H14N2O2/c1-8-6-4-5-7-10(8)13-12-9(2)11(14)15-3/h4-7,13H,1-3H3. The summed E-state index contributed by atoms with van der Waals surface area (Å²) in [5, 5.41) is 3.92. The maximum Gasteiger partial charge on any atom is 0.353 e. The second-order valence-corrected chi connectivity index (χ2v) is 3.12. The fraction of sp³-hybridized carbons (Fsp3) is 0.273. The van der Waals surface area contributed by atoms with Crippen LogP contribution in [0.1, 0.15) is 12.5 Å². The van der Waals surface area contributed by atoms with Gasteiger partial charge in [-0.1, -0.05) is 18.2 Å². The highest BCUT2D eigenvalue weighted by atomic mass is 16.5. The molecule has 4 heteroatoms. The van der Waals surface area contributed by atoms with Crippen LogP contribution < -0.4 is 5.43 Å². The van der Waals surface area contributed by atoms with Crippen molar-refractivity contribution in [2.24, 2.45) is 5.10 Å². The van der Waals surface area contributed by atoms with Crippen LogP contribution in [0.4, 0.5) is 5.69 Å². The predicted molar refractivity (Wildman–Crippen MR) is 59.9 cm³/mol. The van der Waals surface area contributed by atoms with Gasteiger partial charge in [-0.2, -0.15) is 5.10 Å². The van der Waals surface area contributed by atoms with Crippen molar-refractivity contribution in [1.82, 2.24) is 0 Å². The highest BCUT2D eigenvalue weighted by molar-refractivity contribution is 6.35. The molecule has 0 bridgehead atoms. The Balaban J connectivity index is 2.72. The second kappa shape index (κ2) is 5.14. The third-order valence-corrected chi connectivity index (χ3v) is 1.97. The summed E-state index contributed by atoms with van der Waals surface area (Å²) in [6.07, 6.45) is 0. The number of hydrogen-bond donors (Lipinski definition) is 1. The number of esters is 1. The number of ether oxygens (including phenoxy) is 1. The Bertz CT molecular complexity index is 386. The van der Waals surface area contributed by atoms with Crippen molar-refractivity contribution in [3.63, 3.8) is 0 Å². The van der Waals surface area contributed by atoms with Crippen LogP contribution in [0.15, 0.2) is 29.4 Å². The van der Waals surface area contributed by atoms with Crippen LogP contribution >= 0.6 is 0 Å². The molecule has 0 fully saturated rings. The molecule has 0 amide bonds. The SMILES string of the molecule is COC(=O)C(C)=NNc1ccccc1C. The molecule has 0 aliphatic carbocycles. The zero-order chi connectivity index (χ0) is 11.3. The summed E-state index contributed by atoms with van der Waals surface area (Å²) in [6.45, 7) is 3.56. The smallest absolute Gasteiger partial charge is 0.353 e. The van der Waals surface area contributed by atoms with Gasteiger partial charge in [0, 0.05) is 0 Å². The first-order valence-corrected chi connectivity index (χ1v) is 4.59. The van der Waals surface area contributed by atoms with Gasteiger partial charge in [-0.15, -0.1) is 0 Å². The van der Waals surface area contributed by atoms with E-state index >= 15 is 0 Å². The number of anilines is 1. The lowest BCUT2D eigenvalue weighted by Crippen LogP contribution is -2.13. The summed E-state index contributed by atoms with van der Waals surface area (Å²) in [4.78, 5) is 11.0. The van der Waals surface area contributed by atoms with Gasteiger partial charge in [0.1, 0.15) is 5.71 Å². The van der Waals surface area contributed by atoms with E-state index in [1.165, 1.54) is 7.11 Å². The molecular weight excluding hydrogens is 192 g/mol. The number of nitrogens with zero attached hydrogens (tertiary/aromatic N) is 1. The van der Waals surface area contributed by atoms with E-state index in [1.54, 1.807) is 6.92 Å². The third kappa shape index (κ3) is 3.09. The molecule has 0 aromatic heterocycles. The molecule has 15 heavy (non-hydrogen) atoms.